The van der Waals surface area contributed by atoms with Crippen LogP contribution in [0, 0.1) is 0 Å². The van der Waals surface area contributed by atoms with Crippen LogP contribution in [-0.2, 0) is 0 Å². The molecule has 5 heteroatoms. The van der Waals surface area contributed by atoms with E-state index in [0.717, 1.165) is 11.3 Å². The SMILES string of the molecule is COc1cncc(/C=C/CC(C)NC(N)=O)c1. The van der Waals surface area contributed by atoms with Crippen molar-refractivity contribution in [2.24, 2.45) is 5.73 Å². The minimum atomic E-state index is -0.506. The Labute approximate surface area is 101 Å². The lowest BCUT2D eigenvalue weighted by molar-refractivity contribution is 0.246. The van der Waals surface area contributed by atoms with Crippen LogP contribution in [-0.4, -0.2) is 24.2 Å². The zero-order valence-corrected chi connectivity index (χ0v) is 10.0. The number of nitrogens with one attached hydrogen (secondary N) is 1. The van der Waals surface area contributed by atoms with Gasteiger partial charge in [-0.3, -0.25) is 4.98 Å². The van der Waals surface area contributed by atoms with Gasteiger partial charge in [-0.1, -0.05) is 12.2 Å². The Balaban J connectivity index is 2.50. The summed E-state index contributed by atoms with van der Waals surface area (Å²) in [5, 5.41) is 2.60. The van der Waals surface area contributed by atoms with Gasteiger partial charge in [-0.25, -0.2) is 4.79 Å². The van der Waals surface area contributed by atoms with Gasteiger partial charge in [-0.15, -0.1) is 0 Å². The summed E-state index contributed by atoms with van der Waals surface area (Å²) in [6.45, 7) is 1.89. The highest BCUT2D eigenvalue weighted by Crippen LogP contribution is 2.11. The Bertz CT molecular complexity index is 404. The number of rotatable bonds is 5. The van der Waals surface area contributed by atoms with Crippen LogP contribution in [0.5, 0.6) is 5.75 Å². The number of hydrogen-bond donors (Lipinski definition) is 2. The first-order valence-corrected chi connectivity index (χ1v) is 5.33. The lowest BCUT2D eigenvalue weighted by Gasteiger charge is -2.08. The molecule has 17 heavy (non-hydrogen) atoms. The van der Waals surface area contributed by atoms with Crippen molar-refractivity contribution in [3.8, 4) is 5.75 Å². The summed E-state index contributed by atoms with van der Waals surface area (Å²) in [6.07, 6.45) is 7.98. The van der Waals surface area contributed by atoms with Crippen LogP contribution in [0.1, 0.15) is 18.9 Å². The third kappa shape index (κ3) is 5.01. The lowest BCUT2D eigenvalue weighted by Crippen LogP contribution is -2.36. The average molecular weight is 235 g/mol. The number of urea groups is 1. The first-order chi connectivity index (χ1) is 8.11. The average Bonchev–Trinajstić information content (AvgIpc) is 2.28. The molecule has 2 amide bonds. The summed E-state index contributed by atoms with van der Waals surface area (Å²) in [4.78, 5) is 14.6. The number of ether oxygens (including phenoxy) is 1. The zero-order chi connectivity index (χ0) is 12.7. The van der Waals surface area contributed by atoms with Crippen molar-refractivity contribution >= 4 is 12.1 Å². The zero-order valence-electron chi connectivity index (χ0n) is 10.0. The van der Waals surface area contributed by atoms with Gasteiger partial charge >= 0.3 is 6.03 Å². The van der Waals surface area contributed by atoms with E-state index in [1.165, 1.54) is 0 Å². The Hall–Kier alpha value is -2.04. The summed E-state index contributed by atoms with van der Waals surface area (Å²) in [5.41, 5.74) is 5.97. The molecule has 0 aliphatic heterocycles. The number of primary amides is 1. The normalized spacial score (nSPS) is 12.4. The van der Waals surface area contributed by atoms with Crippen LogP contribution >= 0.6 is 0 Å². The Morgan fingerprint density at radius 3 is 3.06 bits per heavy atom. The van der Waals surface area contributed by atoms with Crippen molar-refractivity contribution < 1.29 is 9.53 Å². The summed E-state index contributed by atoms with van der Waals surface area (Å²) < 4.78 is 5.06. The third-order valence-electron chi connectivity index (χ3n) is 2.16. The van der Waals surface area contributed by atoms with E-state index in [4.69, 9.17) is 10.5 Å². The largest absolute Gasteiger partial charge is 0.495 e. The number of pyridine rings is 1. The second kappa shape index (κ2) is 6.52. The fourth-order valence-electron chi connectivity index (χ4n) is 1.35. The van der Waals surface area contributed by atoms with Crippen molar-refractivity contribution in [1.82, 2.24) is 10.3 Å². The highest BCUT2D eigenvalue weighted by molar-refractivity contribution is 5.71. The molecule has 0 spiro atoms. The number of aromatic nitrogens is 1. The van der Waals surface area contributed by atoms with Crippen LogP contribution in [0.3, 0.4) is 0 Å². The topological polar surface area (TPSA) is 77.2 Å². The number of carbonyl (C=O) groups is 1. The molecule has 5 nitrogen and oxygen atoms in total. The fraction of sp³-hybridized carbons (Fsp3) is 0.333. The van der Waals surface area contributed by atoms with Gasteiger partial charge in [0.05, 0.1) is 13.3 Å². The monoisotopic (exact) mass is 235 g/mol. The Kier molecular flexibility index (Phi) is 5.00. The van der Waals surface area contributed by atoms with E-state index in [1.807, 2.05) is 25.1 Å². The van der Waals surface area contributed by atoms with Gasteiger partial charge < -0.3 is 15.8 Å². The van der Waals surface area contributed by atoms with Crippen molar-refractivity contribution in [3.63, 3.8) is 0 Å². The van der Waals surface area contributed by atoms with Crippen LogP contribution in [0.2, 0.25) is 0 Å². The van der Waals surface area contributed by atoms with Crippen molar-refractivity contribution in [2.75, 3.05) is 7.11 Å². The number of methoxy groups -OCH3 is 1. The van der Waals surface area contributed by atoms with Crippen molar-refractivity contribution in [2.45, 2.75) is 19.4 Å². The van der Waals surface area contributed by atoms with Gasteiger partial charge in [-0.2, -0.15) is 0 Å². The maximum atomic E-state index is 10.6. The lowest BCUT2D eigenvalue weighted by atomic mass is 10.2. The maximum absolute atomic E-state index is 10.6. The maximum Gasteiger partial charge on any atom is 0.312 e. The van der Waals surface area contributed by atoms with E-state index < -0.39 is 6.03 Å². The molecule has 0 aliphatic carbocycles. The van der Waals surface area contributed by atoms with E-state index in [2.05, 4.69) is 10.3 Å². The van der Waals surface area contributed by atoms with E-state index in [0.29, 0.717) is 6.42 Å². The van der Waals surface area contributed by atoms with Gasteiger partial charge in [0.1, 0.15) is 5.75 Å². The molecule has 1 unspecified atom stereocenters. The summed E-state index contributed by atoms with van der Waals surface area (Å²) in [7, 11) is 1.60. The molecular formula is C12H17N3O2. The molecule has 0 aliphatic rings. The van der Waals surface area contributed by atoms with Crippen LogP contribution in [0.25, 0.3) is 6.08 Å². The number of amides is 2. The molecule has 1 heterocycles. The third-order valence-corrected chi connectivity index (χ3v) is 2.16. The summed E-state index contributed by atoms with van der Waals surface area (Å²) in [5.74, 6) is 0.718. The molecule has 1 rings (SSSR count). The molecular weight excluding hydrogens is 218 g/mol. The predicted octanol–water partition coefficient (Wildman–Crippen LogP) is 1.55. The van der Waals surface area contributed by atoms with E-state index in [1.54, 1.807) is 19.5 Å². The van der Waals surface area contributed by atoms with Crippen LogP contribution in [0.15, 0.2) is 24.5 Å². The van der Waals surface area contributed by atoms with Gasteiger partial charge in [0.25, 0.3) is 0 Å². The number of nitrogens with two attached hydrogens (primary N) is 1. The van der Waals surface area contributed by atoms with Gasteiger partial charge in [0.2, 0.25) is 0 Å². The minimum Gasteiger partial charge on any atom is -0.495 e. The second-order valence-electron chi connectivity index (χ2n) is 3.71. The molecule has 0 aromatic carbocycles. The molecule has 0 radical (unpaired) electrons. The molecule has 0 bridgehead atoms. The van der Waals surface area contributed by atoms with Gasteiger partial charge in [-0.05, 0) is 25.0 Å². The number of nitrogens with zero attached hydrogens (tertiary/aromatic N) is 1. The number of carbonyl (C=O) groups excluding carboxylic acids is 1. The Morgan fingerprint density at radius 2 is 2.41 bits per heavy atom. The fourth-order valence-corrected chi connectivity index (χ4v) is 1.35. The second-order valence-corrected chi connectivity index (χ2v) is 3.71. The molecule has 3 N–H and O–H groups in total. The number of hydrogen-bond acceptors (Lipinski definition) is 3. The standard InChI is InChI=1S/C12H17N3O2/c1-9(15-12(13)16)4-3-5-10-6-11(17-2)8-14-7-10/h3,5-9H,4H2,1-2H3,(H3,13,15,16)/b5-3+. The highest BCUT2D eigenvalue weighted by Gasteiger charge is 2.00. The van der Waals surface area contributed by atoms with E-state index in [-0.39, 0.29) is 6.04 Å². The van der Waals surface area contributed by atoms with Crippen molar-refractivity contribution in [1.29, 1.82) is 0 Å². The van der Waals surface area contributed by atoms with Crippen LogP contribution in [0.4, 0.5) is 4.79 Å². The summed E-state index contributed by atoms with van der Waals surface area (Å²) in [6, 6.07) is 1.40. The highest BCUT2D eigenvalue weighted by atomic mass is 16.5. The van der Waals surface area contributed by atoms with Gasteiger partial charge in [0, 0.05) is 12.2 Å². The molecule has 0 fully saturated rings. The molecule has 92 valence electrons. The summed E-state index contributed by atoms with van der Waals surface area (Å²) >= 11 is 0. The van der Waals surface area contributed by atoms with Gasteiger partial charge in [0.15, 0.2) is 0 Å². The van der Waals surface area contributed by atoms with E-state index in [9.17, 15) is 4.79 Å². The minimum absolute atomic E-state index is 0.0160. The molecule has 1 aromatic rings. The van der Waals surface area contributed by atoms with Crippen molar-refractivity contribution in [3.05, 3.63) is 30.1 Å². The molecule has 1 aromatic heterocycles. The van der Waals surface area contributed by atoms with E-state index >= 15 is 0 Å². The smallest absolute Gasteiger partial charge is 0.312 e. The molecule has 1 atom stereocenters. The molecule has 0 saturated carbocycles. The molecule has 0 saturated heterocycles. The first kappa shape index (κ1) is 13.0. The Morgan fingerprint density at radius 1 is 1.65 bits per heavy atom. The predicted molar refractivity (Wildman–Crippen MR) is 66.6 cm³/mol. The first-order valence-electron chi connectivity index (χ1n) is 5.33. The quantitative estimate of drug-likeness (QED) is 0.812. The van der Waals surface area contributed by atoms with Crippen LogP contribution < -0.4 is 15.8 Å².